The van der Waals surface area contributed by atoms with Gasteiger partial charge in [-0.3, -0.25) is 0 Å². The van der Waals surface area contributed by atoms with Gasteiger partial charge in [-0.25, -0.2) is 0 Å². The molecule has 0 amide bonds. The van der Waals surface area contributed by atoms with Crippen LogP contribution in [0.15, 0.2) is 53.4 Å². The molecule has 0 atom stereocenters. The molecule has 0 aliphatic heterocycles. The Morgan fingerprint density at radius 1 is 1.16 bits per heavy atom. The molecule has 0 spiro atoms. The van der Waals surface area contributed by atoms with Crippen molar-refractivity contribution in [3.63, 3.8) is 0 Å². The fourth-order valence-electron chi connectivity index (χ4n) is 1.62. The molecule has 0 saturated heterocycles. The van der Waals surface area contributed by atoms with Crippen LogP contribution in [0.4, 0.5) is 5.69 Å². The number of nitrogens with one attached hydrogen (secondary N) is 1. The zero-order chi connectivity index (χ0) is 13.5. The van der Waals surface area contributed by atoms with E-state index in [0.717, 1.165) is 28.8 Å². The molecule has 0 unspecified atom stereocenters. The summed E-state index contributed by atoms with van der Waals surface area (Å²) in [5.41, 5.74) is 1.09. The first kappa shape index (κ1) is 14.1. The fourth-order valence-corrected chi connectivity index (χ4v) is 2.56. The molecule has 0 aliphatic carbocycles. The van der Waals surface area contributed by atoms with Crippen molar-refractivity contribution in [3.05, 3.63) is 53.6 Å². The zero-order valence-electron chi connectivity index (χ0n) is 10.7. The van der Waals surface area contributed by atoms with Crippen molar-refractivity contribution in [1.29, 1.82) is 0 Å². The molecule has 2 aromatic rings. The molecule has 0 fully saturated rings. The Morgan fingerprint density at radius 2 is 1.95 bits per heavy atom. The van der Waals surface area contributed by atoms with Crippen molar-refractivity contribution >= 4 is 29.1 Å². The molecule has 0 heterocycles. The van der Waals surface area contributed by atoms with E-state index < -0.39 is 0 Å². The maximum Gasteiger partial charge on any atom is 0.119 e. The van der Waals surface area contributed by atoms with Crippen LogP contribution in [0.25, 0.3) is 0 Å². The minimum atomic E-state index is 0.760. The summed E-state index contributed by atoms with van der Waals surface area (Å²) in [5.74, 6) is 1.89. The van der Waals surface area contributed by atoms with Crippen LogP contribution in [-0.2, 0) is 0 Å². The minimum absolute atomic E-state index is 0.760. The van der Waals surface area contributed by atoms with Gasteiger partial charge in [0.1, 0.15) is 5.75 Å². The second kappa shape index (κ2) is 7.31. The predicted octanol–water partition coefficient (Wildman–Crippen LogP) is 4.55. The number of anilines is 1. The molecular weight excluding hydrogens is 278 g/mol. The van der Waals surface area contributed by atoms with E-state index in [4.69, 9.17) is 16.3 Å². The number of hydrogen-bond acceptors (Lipinski definition) is 3. The SMILES string of the molecule is COc1cccc(SCCNc2ccc(Cl)cc2)c1. The average molecular weight is 294 g/mol. The number of hydrogen-bond donors (Lipinski definition) is 1. The van der Waals surface area contributed by atoms with Gasteiger partial charge in [0.05, 0.1) is 7.11 Å². The third kappa shape index (κ3) is 4.69. The highest BCUT2D eigenvalue weighted by Gasteiger charge is 1.97. The van der Waals surface area contributed by atoms with Crippen LogP contribution in [0.1, 0.15) is 0 Å². The van der Waals surface area contributed by atoms with E-state index >= 15 is 0 Å². The molecular formula is C15H16ClNOS. The van der Waals surface area contributed by atoms with E-state index in [1.165, 1.54) is 4.90 Å². The van der Waals surface area contributed by atoms with Crippen LogP contribution >= 0.6 is 23.4 Å². The Kier molecular flexibility index (Phi) is 5.43. The first-order valence-electron chi connectivity index (χ1n) is 6.04. The quantitative estimate of drug-likeness (QED) is 0.623. The maximum absolute atomic E-state index is 5.84. The predicted molar refractivity (Wildman–Crippen MR) is 83.7 cm³/mol. The third-order valence-electron chi connectivity index (χ3n) is 2.59. The molecule has 0 bridgehead atoms. The summed E-state index contributed by atoms with van der Waals surface area (Å²) in [6.07, 6.45) is 0. The molecule has 0 aliphatic rings. The minimum Gasteiger partial charge on any atom is -0.497 e. The maximum atomic E-state index is 5.84. The van der Waals surface area contributed by atoms with Gasteiger partial charge >= 0.3 is 0 Å². The van der Waals surface area contributed by atoms with Gasteiger partial charge in [-0.15, -0.1) is 11.8 Å². The van der Waals surface area contributed by atoms with Gasteiger partial charge in [0, 0.05) is 27.9 Å². The number of thioether (sulfide) groups is 1. The van der Waals surface area contributed by atoms with Crippen molar-refractivity contribution in [2.45, 2.75) is 4.90 Å². The molecule has 100 valence electrons. The van der Waals surface area contributed by atoms with Gasteiger partial charge in [0.2, 0.25) is 0 Å². The first-order chi connectivity index (χ1) is 9.28. The topological polar surface area (TPSA) is 21.3 Å². The second-order valence-electron chi connectivity index (χ2n) is 3.96. The van der Waals surface area contributed by atoms with Gasteiger partial charge in [-0.2, -0.15) is 0 Å². The smallest absolute Gasteiger partial charge is 0.119 e. The Bertz CT molecular complexity index is 516. The molecule has 19 heavy (non-hydrogen) atoms. The molecule has 0 saturated carbocycles. The van der Waals surface area contributed by atoms with E-state index in [-0.39, 0.29) is 0 Å². The lowest BCUT2D eigenvalue weighted by molar-refractivity contribution is 0.413. The number of rotatable bonds is 6. The van der Waals surface area contributed by atoms with Crippen LogP contribution in [0, 0.1) is 0 Å². The molecule has 2 aromatic carbocycles. The summed E-state index contributed by atoms with van der Waals surface area (Å²) in [4.78, 5) is 1.22. The summed E-state index contributed by atoms with van der Waals surface area (Å²) in [5, 5.41) is 4.12. The summed E-state index contributed by atoms with van der Waals surface area (Å²) in [6, 6.07) is 15.8. The number of methoxy groups -OCH3 is 1. The lowest BCUT2D eigenvalue weighted by atomic mass is 10.3. The Balaban J connectivity index is 1.75. The van der Waals surface area contributed by atoms with E-state index in [1.807, 2.05) is 42.5 Å². The molecule has 1 N–H and O–H groups in total. The van der Waals surface area contributed by atoms with Crippen LogP contribution in [-0.4, -0.2) is 19.4 Å². The number of benzene rings is 2. The van der Waals surface area contributed by atoms with E-state index in [2.05, 4.69) is 11.4 Å². The fraction of sp³-hybridized carbons (Fsp3) is 0.200. The van der Waals surface area contributed by atoms with Crippen molar-refractivity contribution in [2.75, 3.05) is 24.7 Å². The largest absolute Gasteiger partial charge is 0.497 e. The standard InChI is InChI=1S/C15H16ClNOS/c1-18-14-3-2-4-15(11-14)19-10-9-17-13-7-5-12(16)6-8-13/h2-8,11,17H,9-10H2,1H3. The molecule has 0 radical (unpaired) electrons. The van der Waals surface area contributed by atoms with Crippen molar-refractivity contribution in [3.8, 4) is 5.75 Å². The number of halogens is 1. The molecule has 2 rings (SSSR count). The van der Waals surface area contributed by atoms with Crippen LogP contribution in [0.2, 0.25) is 5.02 Å². The van der Waals surface area contributed by atoms with E-state index in [1.54, 1.807) is 18.9 Å². The Labute approximate surface area is 123 Å². The van der Waals surface area contributed by atoms with Crippen molar-refractivity contribution in [1.82, 2.24) is 0 Å². The lowest BCUT2D eigenvalue weighted by Gasteiger charge is -2.07. The number of ether oxygens (including phenoxy) is 1. The highest BCUT2D eigenvalue weighted by atomic mass is 35.5. The third-order valence-corrected chi connectivity index (χ3v) is 3.83. The summed E-state index contributed by atoms with van der Waals surface area (Å²) in [6.45, 7) is 0.906. The average Bonchev–Trinajstić information content (AvgIpc) is 2.46. The summed E-state index contributed by atoms with van der Waals surface area (Å²) < 4.78 is 5.20. The first-order valence-corrected chi connectivity index (χ1v) is 7.40. The zero-order valence-corrected chi connectivity index (χ0v) is 12.3. The van der Waals surface area contributed by atoms with E-state index in [0.29, 0.717) is 0 Å². The summed E-state index contributed by atoms with van der Waals surface area (Å²) in [7, 11) is 1.69. The van der Waals surface area contributed by atoms with Crippen molar-refractivity contribution in [2.24, 2.45) is 0 Å². The van der Waals surface area contributed by atoms with Crippen LogP contribution < -0.4 is 10.1 Å². The van der Waals surface area contributed by atoms with Gasteiger partial charge in [0.15, 0.2) is 0 Å². The highest BCUT2D eigenvalue weighted by Crippen LogP contribution is 2.22. The Morgan fingerprint density at radius 3 is 2.68 bits per heavy atom. The second-order valence-corrected chi connectivity index (χ2v) is 5.57. The molecule has 2 nitrogen and oxygen atoms in total. The van der Waals surface area contributed by atoms with Crippen molar-refractivity contribution < 1.29 is 4.74 Å². The van der Waals surface area contributed by atoms with Crippen LogP contribution in [0.5, 0.6) is 5.75 Å². The van der Waals surface area contributed by atoms with E-state index in [9.17, 15) is 0 Å². The highest BCUT2D eigenvalue weighted by molar-refractivity contribution is 7.99. The van der Waals surface area contributed by atoms with Gasteiger partial charge < -0.3 is 10.1 Å². The summed E-state index contributed by atoms with van der Waals surface area (Å²) >= 11 is 7.64. The van der Waals surface area contributed by atoms with Crippen LogP contribution in [0.3, 0.4) is 0 Å². The van der Waals surface area contributed by atoms with Gasteiger partial charge in [-0.1, -0.05) is 17.7 Å². The van der Waals surface area contributed by atoms with Gasteiger partial charge in [0.25, 0.3) is 0 Å². The normalized spacial score (nSPS) is 10.2. The van der Waals surface area contributed by atoms with Gasteiger partial charge in [-0.05, 0) is 42.5 Å². The molecule has 4 heteroatoms. The lowest BCUT2D eigenvalue weighted by Crippen LogP contribution is -2.03. The monoisotopic (exact) mass is 293 g/mol. The Hall–Kier alpha value is -1.32. The molecule has 0 aromatic heterocycles.